The fourth-order valence-corrected chi connectivity index (χ4v) is 2.15. The number of halogens is 1. The molecule has 0 bridgehead atoms. The lowest BCUT2D eigenvalue weighted by Gasteiger charge is -1.91. The van der Waals surface area contributed by atoms with Gasteiger partial charge in [-0.05, 0) is 30.0 Å². The van der Waals surface area contributed by atoms with Crippen LogP contribution >= 0.6 is 11.3 Å². The Hall–Kier alpha value is -0.890. The summed E-state index contributed by atoms with van der Waals surface area (Å²) in [4.78, 5) is 0. The SMILES string of the molecule is Cc1csc2cccc(F)c12. The Bertz CT molecular complexity index is 389. The minimum absolute atomic E-state index is 0.110. The van der Waals surface area contributed by atoms with Gasteiger partial charge in [0.1, 0.15) is 5.82 Å². The first-order valence-corrected chi connectivity index (χ1v) is 4.29. The van der Waals surface area contributed by atoms with Gasteiger partial charge in [-0.15, -0.1) is 11.3 Å². The zero-order valence-corrected chi connectivity index (χ0v) is 6.91. The predicted octanol–water partition coefficient (Wildman–Crippen LogP) is 3.35. The van der Waals surface area contributed by atoms with E-state index in [1.165, 1.54) is 6.07 Å². The molecule has 0 unspecified atom stereocenters. The summed E-state index contributed by atoms with van der Waals surface area (Å²) < 4.78 is 14.1. The van der Waals surface area contributed by atoms with Crippen molar-refractivity contribution in [2.75, 3.05) is 0 Å². The standard InChI is InChI=1S/C9H7FS/c1-6-5-11-8-4-2-3-7(10)9(6)8/h2-5H,1H3. The van der Waals surface area contributed by atoms with Gasteiger partial charge in [0, 0.05) is 10.1 Å². The molecule has 56 valence electrons. The Morgan fingerprint density at radius 3 is 2.91 bits per heavy atom. The number of fused-ring (bicyclic) bond motifs is 1. The maximum atomic E-state index is 13.1. The van der Waals surface area contributed by atoms with Gasteiger partial charge >= 0.3 is 0 Å². The van der Waals surface area contributed by atoms with Crippen LogP contribution in [0.1, 0.15) is 5.56 Å². The largest absolute Gasteiger partial charge is 0.206 e. The average Bonchev–Trinajstić information content (AvgIpc) is 2.34. The molecule has 11 heavy (non-hydrogen) atoms. The predicted molar refractivity (Wildman–Crippen MR) is 46.5 cm³/mol. The molecule has 1 aromatic heterocycles. The van der Waals surface area contributed by atoms with Crippen molar-refractivity contribution in [1.29, 1.82) is 0 Å². The van der Waals surface area contributed by atoms with Crippen molar-refractivity contribution < 1.29 is 4.39 Å². The highest BCUT2D eigenvalue weighted by Gasteiger charge is 2.03. The van der Waals surface area contributed by atoms with Crippen LogP contribution < -0.4 is 0 Å². The first-order valence-electron chi connectivity index (χ1n) is 3.41. The third-order valence-electron chi connectivity index (χ3n) is 1.73. The molecular weight excluding hydrogens is 159 g/mol. The van der Waals surface area contributed by atoms with Crippen LogP contribution in [-0.2, 0) is 0 Å². The van der Waals surface area contributed by atoms with Crippen LogP contribution in [0.2, 0.25) is 0 Å². The average molecular weight is 166 g/mol. The molecule has 1 aromatic carbocycles. The van der Waals surface area contributed by atoms with E-state index in [1.54, 1.807) is 17.4 Å². The van der Waals surface area contributed by atoms with Crippen molar-refractivity contribution >= 4 is 21.4 Å². The van der Waals surface area contributed by atoms with Gasteiger partial charge in [0.15, 0.2) is 0 Å². The van der Waals surface area contributed by atoms with Crippen LogP contribution in [-0.4, -0.2) is 0 Å². The second-order valence-electron chi connectivity index (χ2n) is 2.53. The van der Waals surface area contributed by atoms with E-state index >= 15 is 0 Å². The summed E-state index contributed by atoms with van der Waals surface area (Å²) in [6.45, 7) is 1.93. The highest BCUT2D eigenvalue weighted by Crippen LogP contribution is 2.26. The highest BCUT2D eigenvalue weighted by molar-refractivity contribution is 7.17. The highest BCUT2D eigenvalue weighted by atomic mass is 32.1. The molecule has 0 radical (unpaired) electrons. The number of thiophene rings is 1. The smallest absolute Gasteiger partial charge is 0.132 e. The van der Waals surface area contributed by atoms with Crippen LogP contribution in [0.5, 0.6) is 0 Å². The summed E-state index contributed by atoms with van der Waals surface area (Å²) in [5, 5.41) is 2.76. The fraction of sp³-hybridized carbons (Fsp3) is 0.111. The molecule has 0 fully saturated rings. The van der Waals surface area contributed by atoms with Gasteiger partial charge in [0.25, 0.3) is 0 Å². The van der Waals surface area contributed by atoms with E-state index < -0.39 is 0 Å². The lowest BCUT2D eigenvalue weighted by Crippen LogP contribution is -1.74. The van der Waals surface area contributed by atoms with Crippen molar-refractivity contribution in [1.82, 2.24) is 0 Å². The zero-order valence-electron chi connectivity index (χ0n) is 6.10. The summed E-state index contributed by atoms with van der Waals surface area (Å²) in [7, 11) is 0. The first kappa shape index (κ1) is 6.80. The van der Waals surface area contributed by atoms with Crippen molar-refractivity contribution in [2.24, 2.45) is 0 Å². The Morgan fingerprint density at radius 1 is 1.36 bits per heavy atom. The van der Waals surface area contributed by atoms with Gasteiger partial charge in [0.2, 0.25) is 0 Å². The molecule has 1 heterocycles. The van der Waals surface area contributed by atoms with Gasteiger partial charge in [-0.1, -0.05) is 6.07 Å². The van der Waals surface area contributed by atoms with E-state index in [4.69, 9.17) is 0 Å². The van der Waals surface area contributed by atoms with Crippen LogP contribution in [0.15, 0.2) is 23.6 Å². The second-order valence-corrected chi connectivity index (χ2v) is 3.44. The Kier molecular flexibility index (Phi) is 1.43. The summed E-state index contributed by atoms with van der Waals surface area (Å²) in [6, 6.07) is 5.19. The molecule has 0 spiro atoms. The lowest BCUT2D eigenvalue weighted by atomic mass is 10.2. The summed E-state index contributed by atoms with van der Waals surface area (Å²) in [5.74, 6) is -0.110. The van der Waals surface area contributed by atoms with Crippen LogP contribution in [0, 0.1) is 12.7 Å². The molecule has 0 atom stereocenters. The maximum absolute atomic E-state index is 13.1. The molecule has 0 aliphatic heterocycles. The third-order valence-corrected chi connectivity index (χ3v) is 2.80. The van der Waals surface area contributed by atoms with Gasteiger partial charge in [-0.2, -0.15) is 0 Å². The molecule has 2 heteroatoms. The zero-order chi connectivity index (χ0) is 7.84. The van der Waals surface area contributed by atoms with E-state index in [2.05, 4.69) is 0 Å². The third kappa shape index (κ3) is 0.942. The molecule has 0 aliphatic carbocycles. The van der Waals surface area contributed by atoms with Crippen molar-refractivity contribution in [3.63, 3.8) is 0 Å². The molecular formula is C9H7FS. The molecule has 2 aromatic rings. The van der Waals surface area contributed by atoms with E-state index in [-0.39, 0.29) is 5.82 Å². The van der Waals surface area contributed by atoms with E-state index in [0.29, 0.717) is 0 Å². The number of aryl methyl sites for hydroxylation is 1. The Labute approximate surface area is 68.3 Å². The maximum Gasteiger partial charge on any atom is 0.132 e. The number of hydrogen-bond acceptors (Lipinski definition) is 1. The quantitative estimate of drug-likeness (QED) is 0.563. The fourth-order valence-electron chi connectivity index (χ4n) is 1.20. The van der Waals surface area contributed by atoms with Crippen LogP contribution in [0.25, 0.3) is 10.1 Å². The minimum Gasteiger partial charge on any atom is -0.206 e. The van der Waals surface area contributed by atoms with Crippen LogP contribution in [0.4, 0.5) is 4.39 Å². The number of benzene rings is 1. The molecule has 0 saturated heterocycles. The molecule has 0 amide bonds. The number of rotatable bonds is 0. The Balaban J connectivity index is 2.96. The van der Waals surface area contributed by atoms with Crippen molar-refractivity contribution in [2.45, 2.75) is 6.92 Å². The van der Waals surface area contributed by atoms with Gasteiger partial charge in [-0.25, -0.2) is 4.39 Å². The molecule has 0 aliphatic rings. The number of hydrogen-bond donors (Lipinski definition) is 0. The molecule has 0 N–H and O–H groups in total. The van der Waals surface area contributed by atoms with Crippen LogP contribution in [0.3, 0.4) is 0 Å². The van der Waals surface area contributed by atoms with E-state index in [1.807, 2.05) is 18.4 Å². The van der Waals surface area contributed by atoms with E-state index in [0.717, 1.165) is 15.6 Å². The topological polar surface area (TPSA) is 0 Å². The minimum atomic E-state index is -0.110. The molecule has 2 rings (SSSR count). The Morgan fingerprint density at radius 2 is 2.18 bits per heavy atom. The molecule has 0 saturated carbocycles. The summed E-state index contributed by atoms with van der Waals surface area (Å²) in [6.07, 6.45) is 0. The van der Waals surface area contributed by atoms with Crippen molar-refractivity contribution in [3.05, 3.63) is 35.0 Å². The first-order chi connectivity index (χ1) is 5.29. The second kappa shape index (κ2) is 2.31. The van der Waals surface area contributed by atoms with E-state index in [9.17, 15) is 4.39 Å². The lowest BCUT2D eigenvalue weighted by molar-refractivity contribution is 0.639. The van der Waals surface area contributed by atoms with Gasteiger partial charge in [0.05, 0.1) is 0 Å². The normalized spacial score (nSPS) is 10.7. The van der Waals surface area contributed by atoms with Crippen molar-refractivity contribution in [3.8, 4) is 0 Å². The summed E-state index contributed by atoms with van der Waals surface area (Å²) >= 11 is 1.59. The summed E-state index contributed by atoms with van der Waals surface area (Å²) in [5.41, 5.74) is 1.03. The molecule has 0 nitrogen and oxygen atoms in total. The van der Waals surface area contributed by atoms with Gasteiger partial charge in [-0.3, -0.25) is 0 Å². The monoisotopic (exact) mass is 166 g/mol. The van der Waals surface area contributed by atoms with Gasteiger partial charge < -0.3 is 0 Å².